The monoisotopic (exact) mass is 486 g/mol. The molecule has 0 saturated carbocycles. The molecule has 11 heteroatoms. The van der Waals surface area contributed by atoms with Gasteiger partial charge >= 0.3 is 6.03 Å². The van der Waals surface area contributed by atoms with Crippen LogP contribution in [0, 0.1) is 0 Å². The second-order valence-corrected chi connectivity index (χ2v) is 9.41. The van der Waals surface area contributed by atoms with Crippen LogP contribution >= 0.6 is 23.1 Å². The molecule has 0 atom stereocenters. The lowest BCUT2D eigenvalue weighted by Gasteiger charge is -2.28. The van der Waals surface area contributed by atoms with Crippen molar-refractivity contribution in [2.45, 2.75) is 31.0 Å². The van der Waals surface area contributed by atoms with E-state index in [4.69, 9.17) is 4.74 Å². The van der Waals surface area contributed by atoms with Crippen molar-refractivity contribution < 1.29 is 14.3 Å². The molecule has 1 aromatic carbocycles. The molecule has 1 aliphatic rings. The molecule has 3 heterocycles. The van der Waals surface area contributed by atoms with E-state index in [2.05, 4.69) is 25.7 Å². The molecule has 0 bridgehead atoms. The fourth-order valence-corrected chi connectivity index (χ4v) is 4.98. The molecule has 0 unspecified atom stereocenters. The number of carbonyl (C=O) groups is 2. The maximum absolute atomic E-state index is 12.4. The number of amides is 3. The van der Waals surface area contributed by atoms with E-state index in [1.165, 1.54) is 18.2 Å². The quantitative estimate of drug-likeness (QED) is 0.470. The summed E-state index contributed by atoms with van der Waals surface area (Å²) in [6, 6.07) is 11.0. The van der Waals surface area contributed by atoms with Crippen LogP contribution in [0.4, 0.5) is 10.7 Å². The van der Waals surface area contributed by atoms with E-state index >= 15 is 0 Å². The number of piperidine rings is 1. The molecule has 33 heavy (non-hydrogen) atoms. The summed E-state index contributed by atoms with van der Waals surface area (Å²) in [6.07, 6.45) is 3.41. The van der Waals surface area contributed by atoms with Gasteiger partial charge in [-0.2, -0.15) is 0 Å². The van der Waals surface area contributed by atoms with E-state index in [0.29, 0.717) is 17.5 Å². The summed E-state index contributed by atoms with van der Waals surface area (Å²) >= 11 is 2.77. The summed E-state index contributed by atoms with van der Waals surface area (Å²) in [5.41, 5.74) is 0.808. The number of thioether (sulfide) groups is 1. The summed E-state index contributed by atoms with van der Waals surface area (Å²) in [7, 11) is 1.62. The molecule has 1 fully saturated rings. The van der Waals surface area contributed by atoms with E-state index in [1.807, 2.05) is 46.3 Å². The zero-order valence-electron chi connectivity index (χ0n) is 18.3. The van der Waals surface area contributed by atoms with Crippen molar-refractivity contribution in [2.24, 2.45) is 0 Å². The van der Waals surface area contributed by atoms with E-state index in [9.17, 15) is 9.59 Å². The maximum Gasteiger partial charge on any atom is 0.321 e. The highest BCUT2D eigenvalue weighted by molar-refractivity contribution is 7.99. The zero-order valence-corrected chi connectivity index (χ0v) is 20.0. The Hall–Kier alpha value is -3.05. The number of methoxy groups -OCH3 is 1. The Bertz CT molecular complexity index is 1080. The number of hydrogen-bond acceptors (Lipinski definition) is 8. The van der Waals surface area contributed by atoms with Gasteiger partial charge in [-0.15, -0.1) is 21.5 Å². The minimum absolute atomic E-state index is 0.0275. The fourth-order valence-electron chi connectivity index (χ4n) is 3.60. The number of rotatable bonds is 8. The van der Waals surface area contributed by atoms with Crippen molar-refractivity contribution in [3.63, 3.8) is 0 Å². The molecular weight excluding hydrogens is 460 g/mol. The number of hydrogen-bond donors (Lipinski definition) is 2. The normalized spacial score (nSPS) is 13.5. The van der Waals surface area contributed by atoms with Gasteiger partial charge in [0.15, 0.2) is 5.16 Å². The number of aromatic nitrogens is 3. The average Bonchev–Trinajstić information content (AvgIpc) is 3.52. The summed E-state index contributed by atoms with van der Waals surface area (Å²) < 4.78 is 7.50. The minimum atomic E-state index is -0.519. The number of benzene rings is 1. The van der Waals surface area contributed by atoms with Crippen molar-refractivity contribution in [3.8, 4) is 11.4 Å². The first-order valence-corrected chi connectivity index (χ1v) is 12.6. The van der Waals surface area contributed by atoms with Crippen LogP contribution in [0.1, 0.15) is 24.1 Å². The standard InChI is InChI=1S/C22H26N6O3S2/c1-31-18-10-4-3-9-17(18)28-21(27-11-5-2-6-12-27)25-26-22(28)33-15-19(29)24-20(30)23-14-16-8-7-13-32-16/h3-4,7-10,13H,2,5-6,11-12,14-15H2,1H3,(H2,23,24,29,30). The Morgan fingerprint density at radius 1 is 1.12 bits per heavy atom. The topological polar surface area (TPSA) is 101 Å². The van der Waals surface area contributed by atoms with Crippen LogP contribution in [0.2, 0.25) is 0 Å². The van der Waals surface area contributed by atoms with Crippen molar-refractivity contribution in [1.82, 2.24) is 25.4 Å². The number of carbonyl (C=O) groups excluding carboxylic acids is 2. The Morgan fingerprint density at radius 3 is 2.70 bits per heavy atom. The summed E-state index contributed by atoms with van der Waals surface area (Å²) in [5.74, 6) is 1.04. The lowest BCUT2D eigenvalue weighted by Crippen LogP contribution is -2.39. The Morgan fingerprint density at radius 2 is 1.94 bits per heavy atom. The third-order valence-electron chi connectivity index (χ3n) is 5.17. The lowest BCUT2D eigenvalue weighted by atomic mass is 10.1. The summed E-state index contributed by atoms with van der Waals surface area (Å²) in [6.45, 7) is 2.19. The van der Waals surface area contributed by atoms with Crippen LogP contribution in [-0.4, -0.2) is 52.7 Å². The first-order chi connectivity index (χ1) is 16.2. The van der Waals surface area contributed by atoms with Crippen molar-refractivity contribution >= 4 is 41.0 Å². The highest BCUT2D eigenvalue weighted by atomic mass is 32.2. The molecule has 3 amide bonds. The maximum atomic E-state index is 12.4. The predicted octanol–water partition coefficient (Wildman–Crippen LogP) is 3.45. The van der Waals surface area contributed by atoms with Gasteiger partial charge in [-0.25, -0.2) is 4.79 Å². The van der Waals surface area contributed by atoms with Crippen LogP contribution in [0.15, 0.2) is 46.9 Å². The van der Waals surface area contributed by atoms with Crippen molar-refractivity contribution in [3.05, 3.63) is 46.7 Å². The molecule has 3 aromatic rings. The van der Waals surface area contributed by atoms with Gasteiger partial charge in [-0.05, 0) is 42.8 Å². The molecular formula is C22H26N6O3S2. The van der Waals surface area contributed by atoms with E-state index in [-0.39, 0.29) is 5.75 Å². The van der Waals surface area contributed by atoms with Crippen LogP contribution in [0.25, 0.3) is 5.69 Å². The van der Waals surface area contributed by atoms with Gasteiger partial charge in [-0.3, -0.25) is 14.7 Å². The van der Waals surface area contributed by atoms with Gasteiger partial charge < -0.3 is 15.0 Å². The van der Waals surface area contributed by atoms with Gasteiger partial charge in [-0.1, -0.05) is 30.0 Å². The fraction of sp³-hybridized carbons (Fsp3) is 0.364. The Kier molecular flexibility index (Phi) is 7.84. The second kappa shape index (κ2) is 11.2. The van der Waals surface area contributed by atoms with E-state index in [0.717, 1.165) is 42.4 Å². The number of nitrogens with one attached hydrogen (secondary N) is 2. The molecule has 9 nitrogen and oxygen atoms in total. The van der Waals surface area contributed by atoms with E-state index in [1.54, 1.807) is 18.4 Å². The molecule has 2 aromatic heterocycles. The first kappa shape index (κ1) is 23.1. The molecule has 174 valence electrons. The van der Waals surface area contributed by atoms with Crippen molar-refractivity contribution in [2.75, 3.05) is 30.9 Å². The molecule has 2 N–H and O–H groups in total. The van der Waals surface area contributed by atoms with Crippen LogP contribution in [0.5, 0.6) is 5.75 Å². The molecule has 0 radical (unpaired) electrons. The van der Waals surface area contributed by atoms with Crippen LogP contribution < -0.4 is 20.3 Å². The Balaban J connectivity index is 1.46. The largest absolute Gasteiger partial charge is 0.495 e. The Labute approximate surface area is 200 Å². The van der Waals surface area contributed by atoms with E-state index < -0.39 is 11.9 Å². The number of urea groups is 1. The number of thiophene rings is 1. The second-order valence-electron chi connectivity index (χ2n) is 7.44. The van der Waals surface area contributed by atoms with Gasteiger partial charge in [0.2, 0.25) is 11.9 Å². The minimum Gasteiger partial charge on any atom is -0.495 e. The smallest absolute Gasteiger partial charge is 0.321 e. The SMILES string of the molecule is COc1ccccc1-n1c(SCC(=O)NC(=O)NCc2cccs2)nnc1N1CCCCC1. The number of anilines is 1. The molecule has 1 aliphatic heterocycles. The lowest BCUT2D eigenvalue weighted by molar-refractivity contribution is -0.117. The number of nitrogens with zero attached hydrogens (tertiary/aromatic N) is 4. The predicted molar refractivity (Wildman–Crippen MR) is 129 cm³/mol. The number of para-hydroxylation sites is 2. The molecule has 1 saturated heterocycles. The van der Waals surface area contributed by atoms with Crippen molar-refractivity contribution in [1.29, 1.82) is 0 Å². The van der Waals surface area contributed by atoms with Gasteiger partial charge in [0.25, 0.3) is 0 Å². The van der Waals surface area contributed by atoms with Gasteiger partial charge in [0, 0.05) is 18.0 Å². The van der Waals surface area contributed by atoms with Gasteiger partial charge in [0.1, 0.15) is 5.75 Å². The number of imide groups is 1. The summed E-state index contributed by atoms with van der Waals surface area (Å²) in [5, 5.41) is 16.4. The zero-order chi connectivity index (χ0) is 23.0. The molecule has 4 rings (SSSR count). The third kappa shape index (κ3) is 5.85. The van der Waals surface area contributed by atoms with Crippen LogP contribution in [0.3, 0.4) is 0 Å². The molecule has 0 aliphatic carbocycles. The molecule has 0 spiro atoms. The summed E-state index contributed by atoms with van der Waals surface area (Å²) in [4.78, 5) is 27.7. The highest BCUT2D eigenvalue weighted by Crippen LogP contribution is 2.32. The highest BCUT2D eigenvalue weighted by Gasteiger charge is 2.24. The average molecular weight is 487 g/mol. The van der Waals surface area contributed by atoms with Gasteiger partial charge in [0.05, 0.1) is 25.1 Å². The third-order valence-corrected chi connectivity index (χ3v) is 6.98. The van der Waals surface area contributed by atoms with Crippen LogP contribution in [-0.2, 0) is 11.3 Å². The number of ether oxygens (including phenoxy) is 1. The first-order valence-electron chi connectivity index (χ1n) is 10.7.